The van der Waals surface area contributed by atoms with Crippen LogP contribution >= 0.6 is 0 Å². The number of methoxy groups -OCH3 is 1. The number of nitrogens with one attached hydrogen (secondary N) is 2. The van der Waals surface area contributed by atoms with Gasteiger partial charge >= 0.3 is 0 Å². The van der Waals surface area contributed by atoms with Crippen molar-refractivity contribution in [2.75, 3.05) is 46.4 Å². The van der Waals surface area contributed by atoms with E-state index in [1.807, 2.05) is 24.3 Å². The number of nitrogens with zero attached hydrogens (tertiary/aromatic N) is 3. The van der Waals surface area contributed by atoms with E-state index in [4.69, 9.17) is 14.5 Å². The number of benzene rings is 1. The number of para-hydroxylation sites is 1. The summed E-state index contributed by atoms with van der Waals surface area (Å²) in [6, 6.07) is 12.2. The van der Waals surface area contributed by atoms with E-state index in [-0.39, 0.29) is 6.04 Å². The van der Waals surface area contributed by atoms with Crippen LogP contribution < -0.4 is 20.1 Å². The first-order valence-electron chi connectivity index (χ1n) is 10.7. The van der Waals surface area contributed by atoms with Crippen LogP contribution in [0.25, 0.3) is 0 Å². The Morgan fingerprint density at radius 3 is 2.73 bits per heavy atom. The summed E-state index contributed by atoms with van der Waals surface area (Å²) in [7, 11) is 1.73. The molecule has 0 saturated carbocycles. The molecule has 0 spiro atoms. The zero-order valence-electron chi connectivity index (χ0n) is 18.0. The van der Waals surface area contributed by atoms with Crippen molar-refractivity contribution in [3.8, 4) is 11.5 Å². The monoisotopic (exact) mass is 411 g/mol. The van der Waals surface area contributed by atoms with E-state index < -0.39 is 0 Å². The first kappa shape index (κ1) is 21.9. The summed E-state index contributed by atoms with van der Waals surface area (Å²) in [5, 5.41) is 6.69. The van der Waals surface area contributed by atoms with Gasteiger partial charge in [-0.15, -0.1) is 0 Å². The number of aromatic nitrogens is 1. The maximum absolute atomic E-state index is 5.71. The van der Waals surface area contributed by atoms with E-state index in [9.17, 15) is 0 Å². The minimum absolute atomic E-state index is 0.200. The van der Waals surface area contributed by atoms with E-state index in [0.717, 1.165) is 37.1 Å². The normalized spacial score (nSPS) is 15.6. The molecule has 0 bridgehead atoms. The van der Waals surface area contributed by atoms with Gasteiger partial charge < -0.3 is 20.1 Å². The van der Waals surface area contributed by atoms with Crippen LogP contribution in [-0.4, -0.2) is 62.3 Å². The van der Waals surface area contributed by atoms with Crippen molar-refractivity contribution in [1.29, 1.82) is 0 Å². The van der Waals surface area contributed by atoms with E-state index in [0.29, 0.717) is 19.7 Å². The highest BCUT2D eigenvalue weighted by Gasteiger charge is 2.25. The van der Waals surface area contributed by atoms with Crippen LogP contribution in [0.5, 0.6) is 11.5 Å². The van der Waals surface area contributed by atoms with Crippen LogP contribution in [0.3, 0.4) is 0 Å². The quantitative estimate of drug-likeness (QED) is 0.356. The van der Waals surface area contributed by atoms with Gasteiger partial charge in [-0.1, -0.05) is 18.2 Å². The summed E-state index contributed by atoms with van der Waals surface area (Å²) in [6.45, 7) is 6.93. The Balaban J connectivity index is 1.63. The van der Waals surface area contributed by atoms with Crippen molar-refractivity contribution in [3.05, 3.63) is 54.4 Å². The van der Waals surface area contributed by atoms with Gasteiger partial charge in [-0.25, -0.2) is 0 Å². The molecule has 1 atom stereocenters. The van der Waals surface area contributed by atoms with Gasteiger partial charge in [-0.05, 0) is 51.1 Å². The lowest BCUT2D eigenvalue weighted by Gasteiger charge is -2.28. The summed E-state index contributed by atoms with van der Waals surface area (Å²) >= 11 is 0. The predicted octanol–water partition coefficient (Wildman–Crippen LogP) is 2.86. The minimum Gasteiger partial charge on any atom is -0.496 e. The number of pyridine rings is 1. The molecule has 1 fully saturated rings. The Kier molecular flexibility index (Phi) is 8.78. The van der Waals surface area contributed by atoms with Crippen molar-refractivity contribution in [3.63, 3.8) is 0 Å². The SMILES string of the molecule is CCNC(=NCC(c1ccccc1OC)N1CCCC1)NCCOc1cccnc1. The molecule has 30 heavy (non-hydrogen) atoms. The van der Waals surface area contributed by atoms with E-state index in [1.165, 1.54) is 18.4 Å². The van der Waals surface area contributed by atoms with Gasteiger partial charge in [0.2, 0.25) is 0 Å². The van der Waals surface area contributed by atoms with Gasteiger partial charge in [-0.2, -0.15) is 0 Å². The highest BCUT2D eigenvalue weighted by molar-refractivity contribution is 5.79. The maximum Gasteiger partial charge on any atom is 0.191 e. The lowest BCUT2D eigenvalue weighted by molar-refractivity contribution is 0.245. The Hall–Kier alpha value is -2.80. The molecule has 3 rings (SSSR count). The molecule has 2 N–H and O–H groups in total. The topological polar surface area (TPSA) is 71.0 Å². The van der Waals surface area contributed by atoms with Gasteiger partial charge in [-0.3, -0.25) is 14.9 Å². The number of likely N-dealkylation sites (tertiary alicyclic amines) is 1. The molecule has 0 amide bonds. The molecule has 1 aromatic heterocycles. The third-order valence-corrected chi connectivity index (χ3v) is 5.14. The molecule has 162 valence electrons. The molecule has 0 aliphatic carbocycles. The van der Waals surface area contributed by atoms with Crippen LogP contribution in [0.2, 0.25) is 0 Å². The van der Waals surface area contributed by atoms with Crippen LogP contribution in [0, 0.1) is 0 Å². The van der Waals surface area contributed by atoms with Gasteiger partial charge in [0, 0.05) is 18.3 Å². The molecule has 2 aromatic rings. The molecule has 7 heteroatoms. The standard InChI is InChI=1S/C23H33N5O2/c1-3-25-23(26-13-16-30-19-9-8-12-24-17-19)27-18-21(28-14-6-7-15-28)20-10-4-5-11-22(20)29-2/h4-5,8-12,17,21H,3,6-7,13-16,18H2,1-2H3,(H2,25,26,27). The van der Waals surface area contributed by atoms with Crippen LogP contribution in [0.15, 0.2) is 53.8 Å². The third kappa shape index (κ3) is 6.35. The number of hydrogen-bond donors (Lipinski definition) is 2. The average molecular weight is 412 g/mol. The fourth-order valence-corrected chi connectivity index (χ4v) is 3.70. The first-order valence-corrected chi connectivity index (χ1v) is 10.7. The van der Waals surface area contributed by atoms with Crippen LogP contribution in [-0.2, 0) is 0 Å². The Morgan fingerprint density at radius 1 is 1.17 bits per heavy atom. The summed E-state index contributed by atoms with van der Waals surface area (Å²) in [5.41, 5.74) is 1.20. The molecule has 1 aliphatic rings. The van der Waals surface area contributed by atoms with Crippen molar-refractivity contribution in [1.82, 2.24) is 20.5 Å². The summed E-state index contributed by atoms with van der Waals surface area (Å²) in [4.78, 5) is 11.5. The molecular formula is C23H33N5O2. The smallest absolute Gasteiger partial charge is 0.191 e. The van der Waals surface area contributed by atoms with E-state index in [1.54, 1.807) is 19.5 Å². The molecule has 0 radical (unpaired) electrons. The number of guanidine groups is 1. The molecule has 1 aliphatic heterocycles. The number of ether oxygens (including phenoxy) is 2. The van der Waals surface area contributed by atoms with Gasteiger partial charge in [0.15, 0.2) is 5.96 Å². The lowest BCUT2D eigenvalue weighted by atomic mass is 10.0. The van der Waals surface area contributed by atoms with E-state index >= 15 is 0 Å². The van der Waals surface area contributed by atoms with Gasteiger partial charge in [0.25, 0.3) is 0 Å². The summed E-state index contributed by atoms with van der Waals surface area (Å²) in [5.74, 6) is 2.49. The predicted molar refractivity (Wildman–Crippen MR) is 120 cm³/mol. The first-order chi connectivity index (χ1) is 14.8. The second kappa shape index (κ2) is 12.0. The summed E-state index contributed by atoms with van der Waals surface area (Å²) in [6.07, 6.45) is 5.92. The van der Waals surface area contributed by atoms with Gasteiger partial charge in [0.1, 0.15) is 18.1 Å². The fourth-order valence-electron chi connectivity index (χ4n) is 3.70. The summed E-state index contributed by atoms with van der Waals surface area (Å²) < 4.78 is 11.3. The van der Waals surface area contributed by atoms with Crippen molar-refractivity contribution in [2.45, 2.75) is 25.8 Å². The minimum atomic E-state index is 0.200. The third-order valence-electron chi connectivity index (χ3n) is 5.14. The van der Waals surface area contributed by atoms with E-state index in [2.05, 4.69) is 39.6 Å². The number of rotatable bonds is 10. The van der Waals surface area contributed by atoms with Gasteiger partial charge in [0.05, 0.1) is 32.4 Å². The van der Waals surface area contributed by atoms with Crippen molar-refractivity contribution < 1.29 is 9.47 Å². The van der Waals surface area contributed by atoms with Crippen molar-refractivity contribution in [2.24, 2.45) is 4.99 Å². The highest BCUT2D eigenvalue weighted by atomic mass is 16.5. The Bertz CT molecular complexity index is 778. The number of aliphatic imine (C=N–C) groups is 1. The highest BCUT2D eigenvalue weighted by Crippen LogP contribution is 2.31. The second-order valence-electron chi connectivity index (χ2n) is 7.18. The lowest BCUT2D eigenvalue weighted by Crippen LogP contribution is -2.40. The fraction of sp³-hybridized carbons (Fsp3) is 0.478. The Morgan fingerprint density at radius 2 is 2.00 bits per heavy atom. The molecular weight excluding hydrogens is 378 g/mol. The van der Waals surface area contributed by atoms with Crippen LogP contribution in [0.4, 0.5) is 0 Å². The number of hydrogen-bond acceptors (Lipinski definition) is 5. The second-order valence-corrected chi connectivity index (χ2v) is 7.18. The largest absolute Gasteiger partial charge is 0.496 e. The Labute approximate surface area is 179 Å². The van der Waals surface area contributed by atoms with Crippen molar-refractivity contribution >= 4 is 5.96 Å². The zero-order valence-corrected chi connectivity index (χ0v) is 18.0. The van der Waals surface area contributed by atoms with Crippen LogP contribution in [0.1, 0.15) is 31.4 Å². The average Bonchev–Trinajstić information content (AvgIpc) is 3.32. The molecule has 7 nitrogen and oxygen atoms in total. The molecule has 1 saturated heterocycles. The zero-order chi connectivity index (χ0) is 21.0. The molecule has 1 aromatic carbocycles. The molecule has 1 unspecified atom stereocenters. The molecule has 2 heterocycles. The maximum atomic E-state index is 5.71.